The van der Waals surface area contributed by atoms with Crippen molar-refractivity contribution in [1.29, 1.82) is 0 Å². The molecule has 0 bridgehead atoms. The van der Waals surface area contributed by atoms with E-state index in [4.69, 9.17) is 0 Å². The molecule has 110 valence electrons. The van der Waals surface area contributed by atoms with E-state index < -0.39 is 0 Å². The number of rotatable bonds is 3. The van der Waals surface area contributed by atoms with E-state index in [1.165, 1.54) is 6.42 Å². The van der Waals surface area contributed by atoms with Crippen molar-refractivity contribution in [3.05, 3.63) is 0 Å². The molecule has 1 amide bonds. The fourth-order valence-electron chi connectivity index (χ4n) is 3.26. The predicted molar refractivity (Wildman–Crippen MR) is 78.0 cm³/mol. The minimum atomic E-state index is -0.353. The largest absolute Gasteiger partial charge is 0.341 e. The SMILES string of the molecule is CC(C)C1CCN(C(=O)C(C)(C)N2CCNCC2)C1. The molecule has 0 radical (unpaired) electrons. The molecule has 0 aromatic heterocycles. The summed E-state index contributed by atoms with van der Waals surface area (Å²) >= 11 is 0. The number of carbonyl (C=O) groups excluding carboxylic acids is 1. The number of nitrogens with one attached hydrogen (secondary N) is 1. The zero-order valence-corrected chi connectivity index (χ0v) is 12.9. The van der Waals surface area contributed by atoms with Crippen LogP contribution < -0.4 is 5.32 Å². The van der Waals surface area contributed by atoms with E-state index in [2.05, 4.69) is 42.8 Å². The summed E-state index contributed by atoms with van der Waals surface area (Å²) in [5, 5.41) is 3.35. The van der Waals surface area contributed by atoms with Gasteiger partial charge in [0.1, 0.15) is 0 Å². The third kappa shape index (κ3) is 3.11. The summed E-state index contributed by atoms with van der Waals surface area (Å²) in [6.07, 6.45) is 1.17. The highest BCUT2D eigenvalue weighted by Gasteiger charge is 2.40. The lowest BCUT2D eigenvalue weighted by molar-refractivity contribution is -0.142. The van der Waals surface area contributed by atoms with Crippen LogP contribution in [0.3, 0.4) is 0 Å². The number of piperazine rings is 1. The average molecular weight is 267 g/mol. The molecule has 0 aromatic carbocycles. The highest BCUT2D eigenvalue weighted by molar-refractivity contribution is 5.85. The fourth-order valence-corrected chi connectivity index (χ4v) is 3.26. The van der Waals surface area contributed by atoms with E-state index in [-0.39, 0.29) is 5.54 Å². The summed E-state index contributed by atoms with van der Waals surface area (Å²) in [4.78, 5) is 17.2. The van der Waals surface area contributed by atoms with E-state index in [1.54, 1.807) is 0 Å². The van der Waals surface area contributed by atoms with Crippen molar-refractivity contribution < 1.29 is 4.79 Å². The smallest absolute Gasteiger partial charge is 0.242 e. The third-order valence-corrected chi connectivity index (χ3v) is 4.89. The molecular formula is C15H29N3O. The van der Waals surface area contributed by atoms with Crippen LogP contribution in [0.2, 0.25) is 0 Å². The van der Waals surface area contributed by atoms with E-state index in [1.807, 2.05) is 0 Å². The van der Waals surface area contributed by atoms with Gasteiger partial charge in [0.25, 0.3) is 0 Å². The van der Waals surface area contributed by atoms with Crippen LogP contribution in [-0.2, 0) is 4.79 Å². The van der Waals surface area contributed by atoms with Crippen molar-refractivity contribution in [3.8, 4) is 0 Å². The van der Waals surface area contributed by atoms with E-state index in [0.29, 0.717) is 17.7 Å². The Morgan fingerprint density at radius 2 is 1.84 bits per heavy atom. The number of hydrogen-bond acceptors (Lipinski definition) is 3. The fraction of sp³-hybridized carbons (Fsp3) is 0.933. The summed E-state index contributed by atoms with van der Waals surface area (Å²) < 4.78 is 0. The first-order chi connectivity index (χ1) is 8.93. The van der Waals surface area contributed by atoms with Crippen molar-refractivity contribution in [3.63, 3.8) is 0 Å². The van der Waals surface area contributed by atoms with Gasteiger partial charge in [-0.2, -0.15) is 0 Å². The molecule has 2 heterocycles. The first-order valence-electron chi connectivity index (χ1n) is 7.68. The molecular weight excluding hydrogens is 238 g/mol. The Bertz CT molecular complexity index is 321. The quantitative estimate of drug-likeness (QED) is 0.834. The summed E-state index contributed by atoms with van der Waals surface area (Å²) in [5.41, 5.74) is -0.353. The van der Waals surface area contributed by atoms with E-state index in [0.717, 1.165) is 39.3 Å². The molecule has 2 saturated heterocycles. The normalized spacial score (nSPS) is 26.2. The van der Waals surface area contributed by atoms with Gasteiger partial charge in [0, 0.05) is 39.3 Å². The molecule has 0 spiro atoms. The Balaban J connectivity index is 1.98. The zero-order valence-electron chi connectivity index (χ0n) is 12.9. The second kappa shape index (κ2) is 5.80. The van der Waals surface area contributed by atoms with Gasteiger partial charge in [-0.05, 0) is 32.1 Å². The van der Waals surface area contributed by atoms with E-state index >= 15 is 0 Å². The van der Waals surface area contributed by atoms with Gasteiger partial charge in [-0.3, -0.25) is 9.69 Å². The van der Waals surface area contributed by atoms with Crippen molar-refractivity contribution in [2.24, 2.45) is 11.8 Å². The minimum Gasteiger partial charge on any atom is -0.341 e. The third-order valence-electron chi connectivity index (χ3n) is 4.89. The monoisotopic (exact) mass is 267 g/mol. The van der Waals surface area contributed by atoms with Gasteiger partial charge >= 0.3 is 0 Å². The minimum absolute atomic E-state index is 0.317. The lowest BCUT2D eigenvalue weighted by Crippen LogP contribution is -2.60. The molecule has 2 fully saturated rings. The number of nitrogens with zero attached hydrogens (tertiary/aromatic N) is 2. The van der Waals surface area contributed by atoms with Gasteiger partial charge in [0.15, 0.2) is 0 Å². The highest BCUT2D eigenvalue weighted by atomic mass is 16.2. The summed E-state index contributed by atoms with van der Waals surface area (Å²) in [6.45, 7) is 14.5. The van der Waals surface area contributed by atoms with E-state index in [9.17, 15) is 4.79 Å². The topological polar surface area (TPSA) is 35.6 Å². The molecule has 0 saturated carbocycles. The summed E-state index contributed by atoms with van der Waals surface area (Å²) in [7, 11) is 0. The molecule has 0 aromatic rings. The van der Waals surface area contributed by atoms with Crippen LogP contribution in [0.1, 0.15) is 34.1 Å². The van der Waals surface area contributed by atoms with Crippen molar-refractivity contribution >= 4 is 5.91 Å². The molecule has 19 heavy (non-hydrogen) atoms. The molecule has 1 atom stereocenters. The van der Waals surface area contributed by atoms with Gasteiger partial charge in [-0.15, -0.1) is 0 Å². The molecule has 4 heteroatoms. The van der Waals surface area contributed by atoms with Crippen LogP contribution in [0.4, 0.5) is 0 Å². The van der Waals surface area contributed by atoms with Gasteiger partial charge in [0.2, 0.25) is 5.91 Å². The van der Waals surface area contributed by atoms with Crippen LogP contribution in [0.15, 0.2) is 0 Å². The van der Waals surface area contributed by atoms with Gasteiger partial charge in [0.05, 0.1) is 5.54 Å². The molecule has 1 N–H and O–H groups in total. The second-order valence-corrected chi connectivity index (χ2v) is 6.84. The van der Waals surface area contributed by atoms with Gasteiger partial charge in [-0.25, -0.2) is 0 Å². The Labute approximate surface area is 117 Å². The molecule has 2 rings (SSSR count). The maximum absolute atomic E-state index is 12.8. The second-order valence-electron chi connectivity index (χ2n) is 6.84. The maximum atomic E-state index is 12.8. The summed E-state index contributed by atoms with van der Waals surface area (Å²) in [6, 6.07) is 0. The molecule has 2 aliphatic rings. The number of carbonyl (C=O) groups is 1. The van der Waals surface area contributed by atoms with Crippen LogP contribution in [-0.4, -0.2) is 60.5 Å². The number of hydrogen-bond donors (Lipinski definition) is 1. The Kier molecular flexibility index (Phi) is 4.51. The van der Waals surface area contributed by atoms with Crippen LogP contribution in [0.5, 0.6) is 0 Å². The number of amides is 1. The predicted octanol–water partition coefficient (Wildman–Crippen LogP) is 1.17. The van der Waals surface area contributed by atoms with Gasteiger partial charge < -0.3 is 10.2 Å². The standard InChI is InChI=1S/C15H29N3O/c1-12(2)13-5-8-17(11-13)14(19)15(3,4)18-9-6-16-7-10-18/h12-13,16H,5-11H2,1-4H3. The van der Waals surface area contributed by atoms with Crippen molar-refractivity contribution in [2.45, 2.75) is 39.7 Å². The first-order valence-corrected chi connectivity index (χ1v) is 7.68. The highest BCUT2D eigenvalue weighted by Crippen LogP contribution is 2.27. The molecule has 0 aliphatic carbocycles. The molecule has 2 aliphatic heterocycles. The molecule has 4 nitrogen and oxygen atoms in total. The number of likely N-dealkylation sites (tertiary alicyclic amines) is 1. The van der Waals surface area contributed by atoms with Crippen LogP contribution >= 0.6 is 0 Å². The van der Waals surface area contributed by atoms with Crippen molar-refractivity contribution in [2.75, 3.05) is 39.3 Å². The zero-order chi connectivity index (χ0) is 14.0. The summed E-state index contributed by atoms with van der Waals surface area (Å²) in [5.74, 6) is 1.68. The van der Waals surface area contributed by atoms with Crippen LogP contribution in [0, 0.1) is 11.8 Å². The Morgan fingerprint density at radius 3 is 2.37 bits per heavy atom. The Morgan fingerprint density at radius 1 is 1.21 bits per heavy atom. The lowest BCUT2D eigenvalue weighted by Gasteiger charge is -2.41. The molecule has 1 unspecified atom stereocenters. The lowest BCUT2D eigenvalue weighted by atomic mass is 9.95. The average Bonchev–Trinajstić information content (AvgIpc) is 2.88. The first kappa shape index (κ1) is 14.8. The maximum Gasteiger partial charge on any atom is 0.242 e. The Hall–Kier alpha value is -0.610. The van der Waals surface area contributed by atoms with Crippen molar-refractivity contribution in [1.82, 2.24) is 15.1 Å². The van der Waals surface area contributed by atoms with Gasteiger partial charge in [-0.1, -0.05) is 13.8 Å². The van der Waals surface area contributed by atoms with Crippen LogP contribution in [0.25, 0.3) is 0 Å².